The monoisotopic (exact) mass is 304 g/mol. The number of benzene rings is 3. The van der Waals surface area contributed by atoms with E-state index in [0.29, 0.717) is 0 Å². The van der Waals surface area contributed by atoms with Crippen molar-refractivity contribution in [3.8, 4) is 0 Å². The third-order valence-corrected chi connectivity index (χ3v) is 4.85. The van der Waals surface area contributed by atoms with Crippen LogP contribution in [0.15, 0.2) is 66.7 Å². The zero-order valence-electron chi connectivity index (χ0n) is 12.3. The zero-order valence-corrected chi connectivity index (χ0v) is 13.1. The highest BCUT2D eigenvalue weighted by atomic mass is 32.1. The molecule has 3 heteroatoms. The molecule has 0 saturated heterocycles. The second-order valence-corrected chi connectivity index (χ2v) is 6.27. The molecule has 0 saturated carbocycles. The highest BCUT2D eigenvalue weighted by molar-refractivity contribution is 7.13. The first-order valence-electron chi connectivity index (χ1n) is 7.41. The molecule has 4 aromatic rings. The van der Waals surface area contributed by atoms with Gasteiger partial charge >= 0.3 is 0 Å². The maximum atomic E-state index is 4.57. The molecule has 0 aliphatic heterocycles. The van der Waals surface area contributed by atoms with E-state index in [1.807, 2.05) is 0 Å². The average molecular weight is 304 g/mol. The lowest BCUT2D eigenvalue weighted by Crippen LogP contribution is -2.07. The fourth-order valence-corrected chi connectivity index (χ4v) is 3.64. The topological polar surface area (TPSA) is 24.9 Å². The summed E-state index contributed by atoms with van der Waals surface area (Å²) in [5.74, 6) is 0.973. The van der Waals surface area contributed by atoms with Gasteiger partial charge in [-0.05, 0) is 46.9 Å². The van der Waals surface area contributed by atoms with Crippen LogP contribution < -0.4 is 5.32 Å². The first kappa shape index (κ1) is 13.3. The van der Waals surface area contributed by atoms with Gasteiger partial charge in [0.25, 0.3) is 0 Å². The van der Waals surface area contributed by atoms with Crippen LogP contribution in [0.1, 0.15) is 18.5 Å². The minimum Gasteiger partial charge on any atom is -0.362 e. The molecule has 1 heterocycles. The summed E-state index contributed by atoms with van der Waals surface area (Å²) >= 11 is 1.54. The van der Waals surface area contributed by atoms with Gasteiger partial charge in [0, 0.05) is 5.39 Å². The molecule has 22 heavy (non-hydrogen) atoms. The lowest BCUT2D eigenvalue weighted by Gasteiger charge is -2.16. The third-order valence-electron chi connectivity index (χ3n) is 4.02. The second kappa shape index (κ2) is 5.43. The van der Waals surface area contributed by atoms with Crippen molar-refractivity contribution in [2.24, 2.45) is 0 Å². The highest BCUT2D eigenvalue weighted by Crippen LogP contribution is 2.31. The third kappa shape index (κ3) is 2.24. The Morgan fingerprint density at radius 1 is 0.864 bits per heavy atom. The summed E-state index contributed by atoms with van der Waals surface area (Å²) in [5.41, 5.74) is 1.30. The van der Waals surface area contributed by atoms with Crippen molar-refractivity contribution in [3.63, 3.8) is 0 Å². The van der Waals surface area contributed by atoms with Crippen LogP contribution in [0, 0.1) is 0 Å². The molecule has 0 aliphatic carbocycles. The van der Waals surface area contributed by atoms with Gasteiger partial charge in [0.05, 0.1) is 10.7 Å². The second-order valence-electron chi connectivity index (χ2n) is 5.46. The quantitative estimate of drug-likeness (QED) is 0.531. The lowest BCUT2D eigenvalue weighted by molar-refractivity contribution is 0.891. The number of nitrogens with one attached hydrogen (secondary N) is 1. The van der Waals surface area contributed by atoms with E-state index in [1.54, 1.807) is 11.5 Å². The van der Waals surface area contributed by atoms with Gasteiger partial charge in [-0.2, -0.15) is 4.37 Å². The summed E-state index contributed by atoms with van der Waals surface area (Å²) in [6.07, 6.45) is 0. The van der Waals surface area contributed by atoms with Crippen molar-refractivity contribution in [1.82, 2.24) is 4.37 Å². The fraction of sp³-hybridized carbons (Fsp3) is 0.105. The largest absolute Gasteiger partial charge is 0.362 e. The molecular formula is C19H16N2S. The van der Waals surface area contributed by atoms with E-state index < -0.39 is 0 Å². The van der Waals surface area contributed by atoms with Crippen molar-refractivity contribution in [1.29, 1.82) is 0 Å². The number of anilines is 1. The molecule has 1 N–H and O–H groups in total. The van der Waals surface area contributed by atoms with E-state index in [-0.39, 0.29) is 6.04 Å². The Labute approximate surface area is 133 Å². The van der Waals surface area contributed by atoms with Gasteiger partial charge < -0.3 is 5.32 Å². The number of hydrogen-bond acceptors (Lipinski definition) is 3. The number of aromatic nitrogens is 1. The molecule has 1 atom stereocenters. The summed E-state index contributed by atoms with van der Waals surface area (Å²) in [7, 11) is 0. The maximum Gasteiger partial charge on any atom is 0.148 e. The van der Waals surface area contributed by atoms with Crippen LogP contribution in [-0.4, -0.2) is 4.37 Å². The maximum absolute atomic E-state index is 4.57. The van der Waals surface area contributed by atoms with E-state index in [0.717, 1.165) is 5.82 Å². The van der Waals surface area contributed by atoms with E-state index in [4.69, 9.17) is 0 Å². The minimum absolute atomic E-state index is 0.205. The molecule has 0 spiro atoms. The standard InChI is InChI=1S/C19H16N2S/c1-13(15-11-6-8-14-7-2-3-9-16(14)15)20-19-17-10-4-5-12-18(17)22-21-19/h2-13H,1H3,(H,20,21)/t13-/m1/s1. The first-order valence-corrected chi connectivity index (χ1v) is 8.19. The van der Waals surface area contributed by atoms with Crippen LogP contribution in [0.25, 0.3) is 20.9 Å². The van der Waals surface area contributed by atoms with Gasteiger partial charge in [-0.3, -0.25) is 0 Å². The smallest absolute Gasteiger partial charge is 0.148 e. The van der Waals surface area contributed by atoms with Gasteiger partial charge in [-0.15, -0.1) is 0 Å². The molecule has 3 aromatic carbocycles. The molecule has 0 unspecified atom stereocenters. The highest BCUT2D eigenvalue weighted by Gasteiger charge is 2.12. The summed E-state index contributed by atoms with van der Waals surface area (Å²) in [6, 6.07) is 23.5. The molecule has 0 fully saturated rings. The number of fused-ring (bicyclic) bond motifs is 2. The van der Waals surface area contributed by atoms with Crippen LogP contribution in [0.5, 0.6) is 0 Å². The molecule has 0 amide bonds. The Morgan fingerprint density at radius 2 is 1.59 bits per heavy atom. The van der Waals surface area contributed by atoms with E-state index in [1.165, 1.54) is 26.4 Å². The molecule has 0 aliphatic rings. The Morgan fingerprint density at radius 3 is 2.50 bits per heavy atom. The molecule has 0 radical (unpaired) electrons. The van der Waals surface area contributed by atoms with Gasteiger partial charge in [-0.1, -0.05) is 54.6 Å². The summed E-state index contributed by atoms with van der Waals surface area (Å²) < 4.78 is 5.79. The van der Waals surface area contributed by atoms with E-state index in [2.05, 4.69) is 83.3 Å². The Bertz CT molecular complexity index is 937. The van der Waals surface area contributed by atoms with Crippen LogP contribution >= 0.6 is 11.5 Å². The molecule has 4 rings (SSSR count). The summed E-state index contributed by atoms with van der Waals surface area (Å²) in [5, 5.41) is 7.34. The SMILES string of the molecule is C[C@@H](Nc1nsc2ccccc12)c1cccc2ccccc12. The predicted octanol–water partition coefficient (Wildman–Crippen LogP) is 5.62. The molecule has 0 bridgehead atoms. The molecule has 1 aromatic heterocycles. The summed E-state index contributed by atoms with van der Waals surface area (Å²) in [6.45, 7) is 2.19. The van der Waals surface area contributed by atoms with Crippen molar-refractivity contribution < 1.29 is 0 Å². The number of nitrogens with zero attached hydrogens (tertiary/aromatic N) is 1. The molecule has 2 nitrogen and oxygen atoms in total. The average Bonchev–Trinajstić information content (AvgIpc) is 2.97. The van der Waals surface area contributed by atoms with Gasteiger partial charge in [0.1, 0.15) is 5.82 Å². The number of rotatable bonds is 3. The fourth-order valence-electron chi connectivity index (χ4n) is 2.90. The zero-order chi connectivity index (χ0) is 14.9. The van der Waals surface area contributed by atoms with Crippen molar-refractivity contribution >= 4 is 38.2 Å². The van der Waals surface area contributed by atoms with Crippen molar-refractivity contribution in [3.05, 3.63) is 72.3 Å². The Kier molecular flexibility index (Phi) is 3.28. The minimum atomic E-state index is 0.205. The first-order chi connectivity index (χ1) is 10.8. The molecule has 108 valence electrons. The van der Waals surface area contributed by atoms with Gasteiger partial charge in [-0.25, -0.2) is 0 Å². The summed E-state index contributed by atoms with van der Waals surface area (Å²) in [4.78, 5) is 0. The van der Waals surface area contributed by atoms with Crippen LogP contribution in [0.4, 0.5) is 5.82 Å². The molecular weight excluding hydrogens is 288 g/mol. The predicted molar refractivity (Wildman–Crippen MR) is 95.6 cm³/mol. The van der Waals surface area contributed by atoms with Crippen LogP contribution in [0.2, 0.25) is 0 Å². The van der Waals surface area contributed by atoms with Gasteiger partial charge in [0.2, 0.25) is 0 Å². The van der Waals surface area contributed by atoms with Gasteiger partial charge in [0.15, 0.2) is 0 Å². The normalized spacial score (nSPS) is 12.6. The van der Waals surface area contributed by atoms with E-state index >= 15 is 0 Å². The Balaban J connectivity index is 1.73. The van der Waals surface area contributed by atoms with Crippen molar-refractivity contribution in [2.75, 3.05) is 5.32 Å². The van der Waals surface area contributed by atoms with Crippen LogP contribution in [0.3, 0.4) is 0 Å². The Hall–Kier alpha value is -2.39. The van der Waals surface area contributed by atoms with E-state index in [9.17, 15) is 0 Å². The van der Waals surface area contributed by atoms with Crippen molar-refractivity contribution in [2.45, 2.75) is 13.0 Å². The number of hydrogen-bond donors (Lipinski definition) is 1. The van der Waals surface area contributed by atoms with Crippen LogP contribution in [-0.2, 0) is 0 Å². The lowest BCUT2D eigenvalue weighted by atomic mass is 9.99.